The van der Waals surface area contributed by atoms with Gasteiger partial charge in [-0.05, 0) is 41.6 Å². The summed E-state index contributed by atoms with van der Waals surface area (Å²) >= 11 is 3.57. The number of methoxy groups -OCH3 is 1. The molecule has 0 spiro atoms. The van der Waals surface area contributed by atoms with Crippen LogP contribution in [0.5, 0.6) is 0 Å². The zero-order chi connectivity index (χ0) is 14.9. The Labute approximate surface area is 129 Å². The fourth-order valence-corrected chi connectivity index (χ4v) is 3.94. The molecule has 1 saturated carbocycles. The second-order valence-electron chi connectivity index (χ2n) is 6.16. The van der Waals surface area contributed by atoms with Crippen molar-refractivity contribution in [1.29, 1.82) is 0 Å². The van der Waals surface area contributed by atoms with Gasteiger partial charge in [0.05, 0.1) is 27.6 Å². The van der Waals surface area contributed by atoms with Crippen LogP contribution in [-0.2, 0) is 18.2 Å². The third kappa shape index (κ3) is 2.95. The molecule has 5 heteroatoms. The van der Waals surface area contributed by atoms with E-state index in [-0.39, 0.29) is 0 Å². The van der Waals surface area contributed by atoms with E-state index in [0.29, 0.717) is 12.3 Å². The second-order valence-corrected chi connectivity index (χ2v) is 6.95. The molecular formula is C15H25BrN2O2. The molecule has 0 saturated heterocycles. The van der Waals surface area contributed by atoms with Gasteiger partial charge in [0.15, 0.2) is 0 Å². The van der Waals surface area contributed by atoms with Crippen LogP contribution in [0.3, 0.4) is 0 Å². The monoisotopic (exact) mass is 344 g/mol. The van der Waals surface area contributed by atoms with Crippen LogP contribution in [0.2, 0.25) is 0 Å². The van der Waals surface area contributed by atoms with Crippen LogP contribution in [0.4, 0.5) is 0 Å². The van der Waals surface area contributed by atoms with Crippen LogP contribution in [0.1, 0.15) is 44.0 Å². The molecule has 2 rings (SSSR count). The van der Waals surface area contributed by atoms with Crippen molar-refractivity contribution in [2.75, 3.05) is 7.11 Å². The van der Waals surface area contributed by atoms with E-state index in [1.807, 2.05) is 18.7 Å². The molecule has 1 heterocycles. The van der Waals surface area contributed by atoms with E-state index in [2.05, 4.69) is 28.0 Å². The summed E-state index contributed by atoms with van der Waals surface area (Å²) in [5, 5.41) is 15.2. The first-order valence-electron chi connectivity index (χ1n) is 7.31. The summed E-state index contributed by atoms with van der Waals surface area (Å²) in [6, 6.07) is 0. The molecule has 0 amide bonds. The molecule has 3 atom stereocenters. The number of aryl methyl sites for hydroxylation is 2. The van der Waals surface area contributed by atoms with E-state index in [0.717, 1.165) is 35.1 Å². The molecule has 1 aliphatic carbocycles. The van der Waals surface area contributed by atoms with Gasteiger partial charge in [0, 0.05) is 20.6 Å². The lowest BCUT2D eigenvalue weighted by Crippen LogP contribution is -2.48. The minimum atomic E-state index is -0.499. The number of ether oxygens (including phenoxy) is 1. The predicted molar refractivity (Wildman–Crippen MR) is 82.7 cm³/mol. The van der Waals surface area contributed by atoms with Gasteiger partial charge in [-0.25, -0.2) is 0 Å². The van der Waals surface area contributed by atoms with E-state index >= 15 is 0 Å². The zero-order valence-corrected chi connectivity index (χ0v) is 14.4. The quantitative estimate of drug-likeness (QED) is 0.913. The highest BCUT2D eigenvalue weighted by molar-refractivity contribution is 9.10. The summed E-state index contributed by atoms with van der Waals surface area (Å²) < 4.78 is 8.61. The van der Waals surface area contributed by atoms with Crippen molar-refractivity contribution >= 4 is 15.9 Å². The molecule has 1 aliphatic rings. The minimum absolute atomic E-state index is 0.407. The molecule has 3 unspecified atom stereocenters. The summed E-state index contributed by atoms with van der Waals surface area (Å²) in [6.45, 7) is 4.21. The van der Waals surface area contributed by atoms with Crippen LogP contribution < -0.4 is 0 Å². The standard InChI is InChI=1S/C15H25BrN2O2/c1-10-6-5-7-15(9-10,20-4)13(19)8-12-14(16)11(2)17-18(12)3/h10,13,19H,5-9H2,1-4H3. The van der Waals surface area contributed by atoms with E-state index in [4.69, 9.17) is 4.74 Å². The van der Waals surface area contributed by atoms with Gasteiger partial charge in [-0.15, -0.1) is 0 Å². The van der Waals surface area contributed by atoms with Crippen molar-refractivity contribution in [3.63, 3.8) is 0 Å². The first-order chi connectivity index (χ1) is 9.39. The fraction of sp³-hybridized carbons (Fsp3) is 0.800. The van der Waals surface area contributed by atoms with E-state index in [1.54, 1.807) is 7.11 Å². The van der Waals surface area contributed by atoms with Crippen LogP contribution in [0.25, 0.3) is 0 Å². The van der Waals surface area contributed by atoms with Crippen molar-refractivity contribution < 1.29 is 9.84 Å². The molecule has 0 aliphatic heterocycles. The summed E-state index contributed by atoms with van der Waals surface area (Å²) in [5.74, 6) is 0.607. The molecule has 20 heavy (non-hydrogen) atoms. The molecule has 1 aromatic heterocycles. The van der Waals surface area contributed by atoms with Crippen molar-refractivity contribution in [1.82, 2.24) is 9.78 Å². The largest absolute Gasteiger partial charge is 0.390 e. The first kappa shape index (κ1) is 16.0. The van der Waals surface area contributed by atoms with Crippen molar-refractivity contribution in [3.05, 3.63) is 15.9 Å². The molecule has 0 radical (unpaired) electrons. The van der Waals surface area contributed by atoms with Gasteiger partial charge in [-0.2, -0.15) is 5.10 Å². The smallest absolute Gasteiger partial charge is 0.0942 e. The summed E-state index contributed by atoms with van der Waals surface area (Å²) in [5.41, 5.74) is 1.58. The van der Waals surface area contributed by atoms with E-state index < -0.39 is 11.7 Å². The van der Waals surface area contributed by atoms with Crippen LogP contribution >= 0.6 is 15.9 Å². The Kier molecular flexibility index (Phi) is 4.92. The number of hydrogen-bond donors (Lipinski definition) is 1. The predicted octanol–water partition coefficient (Wildman–Crippen LogP) is 2.99. The summed E-state index contributed by atoms with van der Waals surface area (Å²) in [7, 11) is 3.65. The van der Waals surface area contributed by atoms with Crippen molar-refractivity contribution in [2.45, 2.75) is 57.7 Å². The highest BCUT2D eigenvalue weighted by Crippen LogP contribution is 2.38. The van der Waals surface area contributed by atoms with Gasteiger partial charge >= 0.3 is 0 Å². The van der Waals surface area contributed by atoms with Crippen molar-refractivity contribution in [3.8, 4) is 0 Å². The van der Waals surface area contributed by atoms with Crippen LogP contribution in [0.15, 0.2) is 4.47 Å². The number of nitrogens with zero attached hydrogens (tertiary/aromatic N) is 2. The average Bonchev–Trinajstić information content (AvgIpc) is 2.65. The molecule has 4 nitrogen and oxygen atoms in total. The molecule has 1 fully saturated rings. The number of hydrogen-bond acceptors (Lipinski definition) is 3. The molecule has 1 aromatic rings. The third-order valence-corrected chi connectivity index (χ3v) is 5.68. The summed E-state index contributed by atoms with van der Waals surface area (Å²) in [6.07, 6.45) is 4.28. The minimum Gasteiger partial charge on any atom is -0.390 e. The number of rotatable bonds is 4. The number of aliphatic hydroxyl groups excluding tert-OH is 1. The fourth-order valence-electron chi connectivity index (χ4n) is 3.44. The van der Waals surface area contributed by atoms with Crippen molar-refractivity contribution in [2.24, 2.45) is 13.0 Å². The number of aromatic nitrogens is 2. The number of aliphatic hydroxyl groups is 1. The van der Waals surface area contributed by atoms with E-state index in [9.17, 15) is 5.11 Å². The topological polar surface area (TPSA) is 47.3 Å². The molecular weight excluding hydrogens is 320 g/mol. The van der Waals surface area contributed by atoms with Gasteiger partial charge in [-0.3, -0.25) is 4.68 Å². The van der Waals surface area contributed by atoms with Gasteiger partial charge < -0.3 is 9.84 Å². The molecule has 114 valence electrons. The summed E-state index contributed by atoms with van der Waals surface area (Å²) in [4.78, 5) is 0. The zero-order valence-electron chi connectivity index (χ0n) is 12.8. The second kappa shape index (κ2) is 6.16. The lowest BCUT2D eigenvalue weighted by molar-refractivity contribution is -0.131. The molecule has 0 aromatic carbocycles. The highest BCUT2D eigenvalue weighted by Gasteiger charge is 2.42. The first-order valence-corrected chi connectivity index (χ1v) is 8.10. The van der Waals surface area contributed by atoms with Gasteiger partial charge in [0.1, 0.15) is 0 Å². The van der Waals surface area contributed by atoms with E-state index in [1.165, 1.54) is 6.42 Å². The number of halogens is 1. The maximum Gasteiger partial charge on any atom is 0.0942 e. The maximum atomic E-state index is 10.8. The molecule has 0 bridgehead atoms. The Morgan fingerprint density at radius 3 is 2.80 bits per heavy atom. The van der Waals surface area contributed by atoms with Crippen LogP contribution in [0, 0.1) is 12.8 Å². The van der Waals surface area contributed by atoms with Gasteiger partial charge in [0.2, 0.25) is 0 Å². The Morgan fingerprint density at radius 2 is 2.30 bits per heavy atom. The normalized spacial score (nSPS) is 28.6. The average molecular weight is 345 g/mol. The Bertz CT molecular complexity index is 475. The van der Waals surface area contributed by atoms with Gasteiger partial charge in [-0.1, -0.05) is 19.8 Å². The third-order valence-electron chi connectivity index (χ3n) is 4.65. The molecule has 1 N–H and O–H groups in total. The Hall–Kier alpha value is -0.390. The van der Waals surface area contributed by atoms with Crippen LogP contribution in [-0.4, -0.2) is 33.7 Å². The highest BCUT2D eigenvalue weighted by atomic mass is 79.9. The Balaban J connectivity index is 2.19. The SMILES string of the molecule is COC1(C(O)Cc2c(Br)c(C)nn2C)CCCC(C)C1. The maximum absolute atomic E-state index is 10.8. The lowest BCUT2D eigenvalue weighted by atomic mass is 9.74. The van der Waals surface area contributed by atoms with Gasteiger partial charge in [0.25, 0.3) is 0 Å². The lowest BCUT2D eigenvalue weighted by Gasteiger charge is -2.42. The Morgan fingerprint density at radius 1 is 1.60 bits per heavy atom.